The number of carbonyl (C=O) groups is 2. The molecule has 2 aromatic rings. The van der Waals surface area contributed by atoms with Gasteiger partial charge in [-0.15, -0.1) is 0 Å². The van der Waals surface area contributed by atoms with E-state index in [2.05, 4.69) is 4.98 Å². The maximum atomic E-state index is 13.0. The zero-order chi connectivity index (χ0) is 19.1. The number of fused-ring (bicyclic) bond motifs is 1. The van der Waals surface area contributed by atoms with E-state index in [1.54, 1.807) is 9.80 Å². The number of esters is 1. The predicted octanol–water partition coefficient (Wildman–Crippen LogP) is 2.40. The Bertz CT molecular complexity index is 837. The van der Waals surface area contributed by atoms with Gasteiger partial charge in [0.1, 0.15) is 11.9 Å². The van der Waals surface area contributed by atoms with E-state index in [1.807, 2.05) is 56.7 Å². The third kappa shape index (κ3) is 3.13. The lowest BCUT2D eigenvalue weighted by atomic mass is 9.86. The number of rotatable bonds is 4. The summed E-state index contributed by atoms with van der Waals surface area (Å²) >= 11 is 0. The molecule has 0 aliphatic carbocycles. The molecule has 1 aromatic heterocycles. The predicted molar refractivity (Wildman–Crippen MR) is 98.5 cm³/mol. The summed E-state index contributed by atoms with van der Waals surface area (Å²) < 4.78 is 6.95. The summed E-state index contributed by atoms with van der Waals surface area (Å²) in [6, 6.07) is 7.14. The lowest BCUT2D eigenvalue weighted by Gasteiger charge is -2.35. The minimum atomic E-state index is -0.606. The molecule has 1 aliphatic heterocycles. The number of imidazole rings is 1. The van der Waals surface area contributed by atoms with Crippen LogP contribution in [-0.4, -0.2) is 57.6 Å². The molecule has 1 aliphatic rings. The average Bonchev–Trinajstić information content (AvgIpc) is 3.09. The van der Waals surface area contributed by atoms with Crippen molar-refractivity contribution < 1.29 is 14.3 Å². The minimum Gasteiger partial charge on any atom is -0.467 e. The molecule has 0 bridgehead atoms. The summed E-state index contributed by atoms with van der Waals surface area (Å²) in [5.41, 5.74) is 1.54. The smallest absolute Gasteiger partial charge is 0.329 e. The van der Waals surface area contributed by atoms with E-state index in [-0.39, 0.29) is 12.0 Å². The van der Waals surface area contributed by atoms with Crippen LogP contribution >= 0.6 is 0 Å². The van der Waals surface area contributed by atoms with E-state index < -0.39 is 11.5 Å². The molecule has 3 rings (SSSR count). The molecular formula is C19H26N4O3. The fraction of sp³-hybridized carbons (Fsp3) is 0.526. The van der Waals surface area contributed by atoms with Crippen LogP contribution in [0.25, 0.3) is 11.0 Å². The molecule has 140 valence electrons. The summed E-state index contributed by atoms with van der Waals surface area (Å²) in [5.74, 6) is 0.446. The Morgan fingerprint density at radius 2 is 1.96 bits per heavy atom. The zero-order valence-corrected chi connectivity index (χ0v) is 16.0. The lowest BCUT2D eigenvalue weighted by Crippen LogP contribution is -2.51. The zero-order valence-electron chi connectivity index (χ0n) is 16.0. The molecule has 1 unspecified atom stereocenters. The fourth-order valence-corrected chi connectivity index (χ4v) is 3.56. The largest absolute Gasteiger partial charge is 0.467 e. The first kappa shape index (κ1) is 18.2. The van der Waals surface area contributed by atoms with Gasteiger partial charge in [0, 0.05) is 20.1 Å². The Morgan fingerprint density at radius 3 is 2.58 bits per heavy atom. The summed E-state index contributed by atoms with van der Waals surface area (Å²) in [6.07, 6.45) is 0. The van der Waals surface area contributed by atoms with Crippen LogP contribution in [0.5, 0.6) is 0 Å². The molecule has 0 spiro atoms. The summed E-state index contributed by atoms with van der Waals surface area (Å²) in [7, 11) is 3.31. The van der Waals surface area contributed by atoms with E-state index in [1.165, 1.54) is 7.11 Å². The van der Waals surface area contributed by atoms with Crippen LogP contribution in [0.15, 0.2) is 24.3 Å². The van der Waals surface area contributed by atoms with Crippen molar-refractivity contribution in [3.8, 4) is 0 Å². The molecule has 1 aromatic carbocycles. The minimum absolute atomic E-state index is 0.151. The highest BCUT2D eigenvalue weighted by Gasteiger charge is 2.44. The third-order valence-electron chi connectivity index (χ3n) is 4.90. The van der Waals surface area contributed by atoms with Crippen LogP contribution in [0.1, 0.15) is 26.6 Å². The number of benzene rings is 1. The van der Waals surface area contributed by atoms with Crippen molar-refractivity contribution >= 4 is 23.0 Å². The summed E-state index contributed by atoms with van der Waals surface area (Å²) in [6.45, 7) is 7.30. The molecule has 0 N–H and O–H groups in total. The first-order valence-corrected chi connectivity index (χ1v) is 8.77. The van der Waals surface area contributed by atoms with E-state index in [4.69, 9.17) is 4.74 Å². The Morgan fingerprint density at radius 1 is 1.27 bits per heavy atom. The number of nitrogens with zero attached hydrogens (tertiary/aromatic N) is 4. The molecule has 1 atom stereocenters. The van der Waals surface area contributed by atoms with Crippen molar-refractivity contribution in [1.82, 2.24) is 19.4 Å². The van der Waals surface area contributed by atoms with Crippen LogP contribution in [-0.2, 0) is 23.1 Å². The van der Waals surface area contributed by atoms with Gasteiger partial charge in [-0.05, 0) is 17.5 Å². The van der Waals surface area contributed by atoms with Crippen molar-refractivity contribution in [2.45, 2.75) is 33.4 Å². The normalized spacial score (nSPS) is 16.4. The highest BCUT2D eigenvalue weighted by Crippen LogP contribution is 2.29. The molecule has 2 amide bonds. The molecule has 1 saturated heterocycles. The molecule has 26 heavy (non-hydrogen) atoms. The van der Waals surface area contributed by atoms with Gasteiger partial charge < -0.3 is 19.1 Å². The number of ether oxygens (including phenoxy) is 1. The molecule has 7 nitrogen and oxygen atoms in total. The summed E-state index contributed by atoms with van der Waals surface area (Å²) in [5, 5.41) is 0. The number of carbonyl (C=O) groups excluding carboxylic acids is 2. The number of urea groups is 1. The van der Waals surface area contributed by atoms with Crippen molar-refractivity contribution in [3.63, 3.8) is 0 Å². The Balaban J connectivity index is 1.82. The quantitative estimate of drug-likeness (QED) is 0.787. The molecular weight excluding hydrogens is 332 g/mol. The second-order valence-corrected chi connectivity index (χ2v) is 7.77. The van der Waals surface area contributed by atoms with Gasteiger partial charge in [-0.25, -0.2) is 14.6 Å². The first-order chi connectivity index (χ1) is 12.2. The lowest BCUT2D eigenvalue weighted by molar-refractivity contribution is -0.149. The molecule has 0 saturated carbocycles. The van der Waals surface area contributed by atoms with Crippen molar-refractivity contribution in [2.24, 2.45) is 12.5 Å². The highest BCUT2D eigenvalue weighted by molar-refractivity contribution is 5.85. The number of methoxy groups -OCH3 is 1. The summed E-state index contributed by atoms with van der Waals surface area (Å²) in [4.78, 5) is 33.2. The van der Waals surface area contributed by atoms with Gasteiger partial charge in [-0.1, -0.05) is 32.9 Å². The standard InChI is InChI=1S/C19H26N4O3/c1-19(2,3)16(17(24)26-5)23-11-10-22(18(23)25)12-15-20-13-8-6-7-9-14(13)21(15)4/h6-9,16H,10-12H2,1-5H3. The number of hydrogen-bond acceptors (Lipinski definition) is 4. The van der Waals surface area contributed by atoms with E-state index in [0.29, 0.717) is 19.6 Å². The third-order valence-corrected chi connectivity index (χ3v) is 4.90. The van der Waals surface area contributed by atoms with E-state index in [0.717, 1.165) is 16.9 Å². The molecule has 7 heteroatoms. The highest BCUT2D eigenvalue weighted by atomic mass is 16.5. The fourth-order valence-electron chi connectivity index (χ4n) is 3.56. The number of aromatic nitrogens is 2. The van der Waals surface area contributed by atoms with Gasteiger partial charge in [-0.2, -0.15) is 0 Å². The van der Waals surface area contributed by atoms with E-state index >= 15 is 0 Å². The monoisotopic (exact) mass is 358 g/mol. The Kier molecular flexibility index (Phi) is 4.64. The van der Waals surface area contributed by atoms with Crippen LogP contribution in [0, 0.1) is 5.41 Å². The maximum absolute atomic E-state index is 13.0. The van der Waals surface area contributed by atoms with Crippen LogP contribution < -0.4 is 0 Å². The maximum Gasteiger partial charge on any atom is 0.329 e. The van der Waals surface area contributed by atoms with Gasteiger partial charge in [0.2, 0.25) is 0 Å². The Labute approximate surface area is 153 Å². The van der Waals surface area contributed by atoms with Crippen molar-refractivity contribution in [3.05, 3.63) is 30.1 Å². The van der Waals surface area contributed by atoms with Crippen molar-refractivity contribution in [1.29, 1.82) is 0 Å². The number of amides is 2. The number of aryl methyl sites for hydroxylation is 1. The SMILES string of the molecule is COC(=O)C(N1CCN(Cc2nc3ccccc3n2C)C1=O)C(C)(C)C. The molecule has 1 fully saturated rings. The van der Waals surface area contributed by atoms with Crippen LogP contribution in [0.4, 0.5) is 4.79 Å². The average molecular weight is 358 g/mol. The van der Waals surface area contributed by atoms with E-state index in [9.17, 15) is 9.59 Å². The van der Waals surface area contributed by atoms with Crippen molar-refractivity contribution in [2.75, 3.05) is 20.2 Å². The second-order valence-electron chi connectivity index (χ2n) is 7.77. The molecule has 0 radical (unpaired) electrons. The van der Waals surface area contributed by atoms with Crippen LogP contribution in [0.2, 0.25) is 0 Å². The van der Waals surface area contributed by atoms with Gasteiger partial charge in [0.05, 0.1) is 24.7 Å². The topological polar surface area (TPSA) is 67.7 Å². The van der Waals surface area contributed by atoms with Gasteiger partial charge in [0.15, 0.2) is 0 Å². The van der Waals surface area contributed by atoms with Crippen LogP contribution in [0.3, 0.4) is 0 Å². The first-order valence-electron chi connectivity index (χ1n) is 8.77. The van der Waals surface area contributed by atoms with Gasteiger partial charge in [0.25, 0.3) is 0 Å². The number of hydrogen-bond donors (Lipinski definition) is 0. The number of para-hydroxylation sites is 2. The second kappa shape index (κ2) is 6.63. The Hall–Kier alpha value is -2.57. The van der Waals surface area contributed by atoms with Gasteiger partial charge >= 0.3 is 12.0 Å². The van der Waals surface area contributed by atoms with Gasteiger partial charge in [-0.3, -0.25) is 0 Å². The molecule has 2 heterocycles.